The third-order valence-corrected chi connectivity index (χ3v) is 3.84. The average molecular weight is 267 g/mol. The zero-order chi connectivity index (χ0) is 12.6. The minimum atomic E-state index is 0.521. The van der Waals surface area contributed by atoms with Gasteiger partial charge in [0.05, 0.1) is 11.2 Å². The first-order valence-electron chi connectivity index (χ1n) is 6.53. The second kappa shape index (κ2) is 7.33. The summed E-state index contributed by atoms with van der Waals surface area (Å²) in [5, 5.41) is 5.44. The molecular weight excluding hydrogens is 246 g/mol. The Morgan fingerprint density at radius 2 is 2.28 bits per heavy atom. The Balaban J connectivity index is 1.76. The second-order valence-corrected chi connectivity index (χ2v) is 5.30. The van der Waals surface area contributed by atoms with Crippen molar-refractivity contribution >= 4 is 17.3 Å². The second-order valence-electron chi connectivity index (χ2n) is 4.58. The Morgan fingerprint density at radius 3 is 2.94 bits per heavy atom. The molecule has 0 unspecified atom stereocenters. The van der Waals surface area contributed by atoms with E-state index in [9.17, 15) is 0 Å². The summed E-state index contributed by atoms with van der Waals surface area (Å²) in [5.41, 5.74) is 5.59. The Bertz CT molecular complexity index is 357. The van der Waals surface area contributed by atoms with Crippen LogP contribution in [0.3, 0.4) is 0 Å². The fourth-order valence-corrected chi connectivity index (χ4v) is 2.81. The van der Waals surface area contributed by atoms with Gasteiger partial charge in [0, 0.05) is 24.4 Å². The van der Waals surface area contributed by atoms with E-state index in [0.717, 1.165) is 12.1 Å². The standard InChI is InChI=1S/C12H21N5S/c13-17-12(16-10-4-2-1-3-5-10)14-7-6-11-8-18-9-15-11/h8-10H,1-7,13H2,(H2,14,16,17). The van der Waals surface area contributed by atoms with Gasteiger partial charge in [0.2, 0.25) is 5.96 Å². The van der Waals surface area contributed by atoms with Crippen LogP contribution in [0.15, 0.2) is 15.9 Å². The van der Waals surface area contributed by atoms with Crippen molar-refractivity contribution in [3.63, 3.8) is 0 Å². The van der Waals surface area contributed by atoms with Gasteiger partial charge in [0.1, 0.15) is 0 Å². The molecule has 0 radical (unpaired) electrons. The number of aliphatic imine (C=N–C) groups is 1. The molecule has 0 atom stereocenters. The molecule has 1 aliphatic rings. The quantitative estimate of drug-likeness (QED) is 0.334. The lowest BCUT2D eigenvalue weighted by molar-refractivity contribution is 0.410. The van der Waals surface area contributed by atoms with Crippen molar-refractivity contribution in [2.75, 3.05) is 6.54 Å². The zero-order valence-electron chi connectivity index (χ0n) is 10.6. The maximum atomic E-state index is 5.49. The van der Waals surface area contributed by atoms with Crippen molar-refractivity contribution in [2.24, 2.45) is 10.8 Å². The van der Waals surface area contributed by atoms with Crippen LogP contribution in [0, 0.1) is 0 Å². The average Bonchev–Trinajstić information content (AvgIpc) is 2.92. The molecule has 0 aliphatic heterocycles. The minimum Gasteiger partial charge on any atom is -0.353 e. The number of nitrogens with zero attached hydrogens (tertiary/aromatic N) is 2. The molecule has 0 bridgehead atoms. The molecule has 0 aromatic carbocycles. The first-order valence-corrected chi connectivity index (χ1v) is 7.47. The summed E-state index contributed by atoms with van der Waals surface area (Å²) >= 11 is 1.62. The highest BCUT2D eigenvalue weighted by molar-refractivity contribution is 7.07. The summed E-state index contributed by atoms with van der Waals surface area (Å²) in [5.74, 6) is 6.20. The number of nitrogens with one attached hydrogen (secondary N) is 2. The van der Waals surface area contributed by atoms with Crippen LogP contribution in [0.1, 0.15) is 37.8 Å². The van der Waals surface area contributed by atoms with E-state index in [1.807, 2.05) is 5.51 Å². The molecule has 4 N–H and O–H groups in total. The molecule has 1 aliphatic carbocycles. The lowest BCUT2D eigenvalue weighted by Crippen LogP contribution is -2.47. The molecule has 1 heterocycles. The largest absolute Gasteiger partial charge is 0.353 e. The van der Waals surface area contributed by atoms with Gasteiger partial charge in [-0.05, 0) is 12.8 Å². The van der Waals surface area contributed by atoms with Gasteiger partial charge in [0.25, 0.3) is 0 Å². The van der Waals surface area contributed by atoms with Gasteiger partial charge < -0.3 is 5.32 Å². The zero-order valence-corrected chi connectivity index (χ0v) is 11.4. The highest BCUT2D eigenvalue weighted by Crippen LogP contribution is 2.17. The molecule has 2 rings (SSSR count). The third kappa shape index (κ3) is 4.27. The summed E-state index contributed by atoms with van der Waals surface area (Å²) in [6.07, 6.45) is 7.24. The van der Waals surface area contributed by atoms with Crippen molar-refractivity contribution in [1.82, 2.24) is 15.7 Å². The third-order valence-electron chi connectivity index (χ3n) is 3.20. The Morgan fingerprint density at radius 1 is 1.44 bits per heavy atom. The predicted octanol–water partition coefficient (Wildman–Crippen LogP) is 1.43. The Kier molecular flexibility index (Phi) is 5.41. The Hall–Kier alpha value is -1.14. The number of hydrogen-bond acceptors (Lipinski definition) is 4. The molecule has 1 aromatic rings. The van der Waals surface area contributed by atoms with E-state index < -0.39 is 0 Å². The van der Waals surface area contributed by atoms with Crippen LogP contribution < -0.4 is 16.6 Å². The highest BCUT2D eigenvalue weighted by Gasteiger charge is 2.13. The van der Waals surface area contributed by atoms with E-state index in [0.29, 0.717) is 18.5 Å². The first-order chi connectivity index (χ1) is 8.88. The van der Waals surface area contributed by atoms with Crippen LogP contribution in [0.25, 0.3) is 0 Å². The number of aromatic nitrogens is 1. The maximum Gasteiger partial charge on any atom is 0.205 e. The summed E-state index contributed by atoms with van der Waals surface area (Å²) < 4.78 is 0. The highest BCUT2D eigenvalue weighted by atomic mass is 32.1. The van der Waals surface area contributed by atoms with E-state index in [1.165, 1.54) is 32.1 Å². The summed E-state index contributed by atoms with van der Waals surface area (Å²) in [6.45, 7) is 0.711. The van der Waals surface area contributed by atoms with E-state index in [-0.39, 0.29) is 0 Å². The summed E-state index contributed by atoms with van der Waals surface area (Å²) in [4.78, 5) is 8.68. The van der Waals surface area contributed by atoms with Gasteiger partial charge in [-0.25, -0.2) is 10.8 Å². The van der Waals surface area contributed by atoms with E-state index in [2.05, 4.69) is 26.1 Å². The fraction of sp³-hybridized carbons (Fsp3) is 0.667. The first kappa shape index (κ1) is 13.3. The van der Waals surface area contributed by atoms with Gasteiger partial charge >= 0.3 is 0 Å². The lowest BCUT2D eigenvalue weighted by Gasteiger charge is -2.24. The van der Waals surface area contributed by atoms with E-state index >= 15 is 0 Å². The maximum absolute atomic E-state index is 5.49. The normalized spacial score (nSPS) is 17.7. The van der Waals surface area contributed by atoms with E-state index in [1.54, 1.807) is 11.3 Å². The van der Waals surface area contributed by atoms with Gasteiger partial charge in [-0.3, -0.25) is 10.4 Å². The number of hydrogen-bond donors (Lipinski definition) is 3. The van der Waals surface area contributed by atoms with Crippen LogP contribution in [0.4, 0.5) is 0 Å². The SMILES string of the molecule is NNC(=NCCc1cscn1)NC1CCCCC1. The molecule has 18 heavy (non-hydrogen) atoms. The molecule has 0 spiro atoms. The van der Waals surface area contributed by atoms with Crippen LogP contribution in [0.5, 0.6) is 0 Å². The van der Waals surface area contributed by atoms with Crippen molar-refractivity contribution in [2.45, 2.75) is 44.6 Å². The van der Waals surface area contributed by atoms with Gasteiger partial charge in [-0.1, -0.05) is 19.3 Å². The van der Waals surface area contributed by atoms with Gasteiger partial charge in [-0.15, -0.1) is 11.3 Å². The molecule has 1 fully saturated rings. The number of guanidine groups is 1. The van der Waals surface area contributed by atoms with Crippen LogP contribution in [-0.4, -0.2) is 23.5 Å². The van der Waals surface area contributed by atoms with Crippen molar-refractivity contribution in [3.05, 3.63) is 16.6 Å². The molecule has 0 saturated heterocycles. The van der Waals surface area contributed by atoms with Crippen molar-refractivity contribution in [3.8, 4) is 0 Å². The van der Waals surface area contributed by atoms with Gasteiger partial charge in [-0.2, -0.15) is 0 Å². The Labute approximate surface area is 112 Å². The molecule has 6 heteroatoms. The van der Waals surface area contributed by atoms with Crippen molar-refractivity contribution < 1.29 is 0 Å². The number of nitrogens with two attached hydrogens (primary N) is 1. The van der Waals surface area contributed by atoms with Crippen LogP contribution in [-0.2, 0) is 6.42 Å². The fourth-order valence-electron chi connectivity index (χ4n) is 2.22. The molecule has 0 amide bonds. The van der Waals surface area contributed by atoms with Gasteiger partial charge in [0.15, 0.2) is 0 Å². The molecule has 5 nitrogen and oxygen atoms in total. The number of thiazole rings is 1. The number of rotatable bonds is 4. The van der Waals surface area contributed by atoms with Crippen LogP contribution in [0.2, 0.25) is 0 Å². The topological polar surface area (TPSA) is 75.3 Å². The summed E-state index contributed by atoms with van der Waals surface area (Å²) in [7, 11) is 0. The summed E-state index contributed by atoms with van der Waals surface area (Å²) in [6, 6.07) is 0.521. The monoisotopic (exact) mass is 267 g/mol. The molecule has 100 valence electrons. The molecule has 1 saturated carbocycles. The smallest absolute Gasteiger partial charge is 0.205 e. The lowest BCUT2D eigenvalue weighted by atomic mass is 9.96. The molecule has 1 aromatic heterocycles. The van der Waals surface area contributed by atoms with Crippen LogP contribution >= 0.6 is 11.3 Å². The molecular formula is C12H21N5S. The van der Waals surface area contributed by atoms with E-state index in [4.69, 9.17) is 5.84 Å². The number of hydrazine groups is 1. The van der Waals surface area contributed by atoms with Crippen molar-refractivity contribution in [1.29, 1.82) is 0 Å². The minimum absolute atomic E-state index is 0.521. The predicted molar refractivity (Wildman–Crippen MR) is 75.5 cm³/mol.